The third-order valence-electron chi connectivity index (χ3n) is 3.09. The molecule has 1 amide bonds. The minimum Gasteiger partial charge on any atom is -0.267 e. The van der Waals surface area contributed by atoms with Crippen LogP contribution in [0.4, 0.5) is 4.39 Å². The maximum Gasteiger partial charge on any atom is 0.274 e. The molecule has 2 aromatic rings. The first kappa shape index (κ1) is 14.9. The lowest BCUT2D eigenvalue weighted by molar-refractivity contribution is 0.0950. The quantitative estimate of drug-likeness (QED) is 0.662. The van der Waals surface area contributed by atoms with E-state index >= 15 is 0 Å². The number of hydrazone groups is 1. The molecule has 0 aromatic heterocycles. The summed E-state index contributed by atoms with van der Waals surface area (Å²) in [6, 6.07) is 15.9. The van der Waals surface area contributed by atoms with Crippen molar-refractivity contribution in [1.82, 2.24) is 5.43 Å². The van der Waals surface area contributed by atoms with Gasteiger partial charge >= 0.3 is 0 Å². The van der Waals surface area contributed by atoms with E-state index in [1.54, 1.807) is 12.1 Å². The number of halogens is 1. The van der Waals surface area contributed by atoms with Crippen molar-refractivity contribution >= 4 is 11.6 Å². The minimum absolute atomic E-state index is 0.00268. The van der Waals surface area contributed by atoms with Crippen LogP contribution in [-0.2, 0) is 6.42 Å². The number of carbonyl (C=O) groups excluding carboxylic acids is 1. The molecule has 0 radical (unpaired) electrons. The third-order valence-corrected chi connectivity index (χ3v) is 3.09. The largest absolute Gasteiger partial charge is 0.274 e. The molecule has 0 heterocycles. The van der Waals surface area contributed by atoms with E-state index in [0.717, 1.165) is 18.6 Å². The van der Waals surface area contributed by atoms with Gasteiger partial charge in [0.05, 0.1) is 5.56 Å². The van der Waals surface area contributed by atoms with Gasteiger partial charge in [0.2, 0.25) is 0 Å². The summed E-state index contributed by atoms with van der Waals surface area (Å²) in [5.41, 5.74) is 4.39. The summed E-state index contributed by atoms with van der Waals surface area (Å²) in [5, 5.41) is 4.01. The van der Waals surface area contributed by atoms with E-state index in [1.165, 1.54) is 17.7 Å². The number of benzene rings is 2. The first-order chi connectivity index (χ1) is 10.2. The Morgan fingerprint density at radius 3 is 2.48 bits per heavy atom. The molecule has 0 bridgehead atoms. The number of aryl methyl sites for hydroxylation is 1. The molecule has 0 unspecified atom stereocenters. The van der Waals surface area contributed by atoms with Crippen LogP contribution in [0.5, 0.6) is 0 Å². The summed E-state index contributed by atoms with van der Waals surface area (Å²) < 4.78 is 13.4. The van der Waals surface area contributed by atoms with Gasteiger partial charge in [0.25, 0.3) is 5.91 Å². The molecular weight excluding hydrogens is 267 g/mol. The van der Waals surface area contributed by atoms with E-state index < -0.39 is 11.7 Å². The number of carbonyl (C=O) groups is 1. The predicted molar refractivity (Wildman–Crippen MR) is 81.7 cm³/mol. The molecule has 0 saturated heterocycles. The zero-order chi connectivity index (χ0) is 15.1. The van der Waals surface area contributed by atoms with Crippen molar-refractivity contribution in [1.29, 1.82) is 0 Å². The van der Waals surface area contributed by atoms with Gasteiger partial charge in [-0.25, -0.2) is 9.82 Å². The van der Waals surface area contributed by atoms with Crippen LogP contribution in [0.15, 0.2) is 59.7 Å². The number of hydrogen-bond acceptors (Lipinski definition) is 2. The average Bonchev–Trinajstić information content (AvgIpc) is 2.52. The number of hydrogen-bond donors (Lipinski definition) is 1. The van der Waals surface area contributed by atoms with E-state index in [-0.39, 0.29) is 5.56 Å². The lowest BCUT2D eigenvalue weighted by Gasteiger charge is -2.04. The summed E-state index contributed by atoms with van der Waals surface area (Å²) in [4.78, 5) is 11.8. The zero-order valence-electron chi connectivity index (χ0n) is 11.8. The van der Waals surface area contributed by atoms with Crippen LogP contribution in [-0.4, -0.2) is 11.6 Å². The molecule has 0 atom stereocenters. The Bertz CT molecular complexity index is 638. The van der Waals surface area contributed by atoms with Crippen molar-refractivity contribution in [2.24, 2.45) is 5.10 Å². The monoisotopic (exact) mass is 284 g/mol. The van der Waals surface area contributed by atoms with Crippen LogP contribution in [0.25, 0.3) is 0 Å². The first-order valence-electron chi connectivity index (χ1n) is 6.79. The van der Waals surface area contributed by atoms with Gasteiger partial charge in [-0.05, 0) is 37.5 Å². The highest BCUT2D eigenvalue weighted by atomic mass is 19.1. The van der Waals surface area contributed by atoms with E-state index in [2.05, 4.69) is 10.5 Å². The molecule has 2 rings (SSSR count). The van der Waals surface area contributed by atoms with Crippen molar-refractivity contribution in [3.05, 3.63) is 71.5 Å². The molecule has 0 saturated carbocycles. The fraction of sp³-hybridized carbons (Fsp3) is 0.176. The molecule has 0 aliphatic rings. The van der Waals surface area contributed by atoms with Gasteiger partial charge in [-0.15, -0.1) is 0 Å². The Balaban J connectivity index is 1.89. The van der Waals surface area contributed by atoms with Gasteiger partial charge in [-0.2, -0.15) is 5.10 Å². The minimum atomic E-state index is -0.549. The Kier molecular flexibility index (Phi) is 5.21. The molecule has 0 aliphatic heterocycles. The van der Waals surface area contributed by atoms with Gasteiger partial charge in [-0.1, -0.05) is 42.5 Å². The molecule has 0 aliphatic carbocycles. The Morgan fingerprint density at radius 1 is 1.10 bits per heavy atom. The van der Waals surface area contributed by atoms with Gasteiger partial charge < -0.3 is 0 Å². The average molecular weight is 284 g/mol. The van der Waals surface area contributed by atoms with Crippen LogP contribution in [0, 0.1) is 5.82 Å². The van der Waals surface area contributed by atoms with E-state index in [4.69, 9.17) is 0 Å². The molecule has 0 fully saturated rings. The van der Waals surface area contributed by atoms with Gasteiger partial charge in [0, 0.05) is 5.71 Å². The second-order valence-electron chi connectivity index (χ2n) is 4.75. The summed E-state index contributed by atoms with van der Waals surface area (Å²) in [6.07, 6.45) is 1.59. The van der Waals surface area contributed by atoms with E-state index in [1.807, 2.05) is 37.3 Å². The molecule has 3 nitrogen and oxygen atoms in total. The van der Waals surface area contributed by atoms with Crippen molar-refractivity contribution in [3.8, 4) is 0 Å². The fourth-order valence-electron chi connectivity index (χ4n) is 1.88. The van der Waals surface area contributed by atoms with Crippen LogP contribution in [0.3, 0.4) is 0 Å². The summed E-state index contributed by atoms with van der Waals surface area (Å²) in [5.74, 6) is -1.08. The van der Waals surface area contributed by atoms with Gasteiger partial charge in [0.1, 0.15) is 5.82 Å². The highest BCUT2D eigenvalue weighted by molar-refractivity contribution is 5.95. The first-order valence-corrected chi connectivity index (χ1v) is 6.79. The number of nitrogens with zero attached hydrogens (tertiary/aromatic N) is 1. The van der Waals surface area contributed by atoms with Gasteiger partial charge in [0.15, 0.2) is 0 Å². The van der Waals surface area contributed by atoms with Crippen molar-refractivity contribution in [2.45, 2.75) is 19.8 Å². The van der Waals surface area contributed by atoms with Gasteiger partial charge in [-0.3, -0.25) is 4.79 Å². The Morgan fingerprint density at radius 2 is 1.76 bits per heavy atom. The summed E-state index contributed by atoms with van der Waals surface area (Å²) in [7, 11) is 0. The molecule has 21 heavy (non-hydrogen) atoms. The summed E-state index contributed by atoms with van der Waals surface area (Å²) >= 11 is 0. The third kappa shape index (κ3) is 4.53. The number of amides is 1. The van der Waals surface area contributed by atoms with Crippen molar-refractivity contribution in [3.63, 3.8) is 0 Å². The Hall–Kier alpha value is -2.49. The van der Waals surface area contributed by atoms with E-state index in [9.17, 15) is 9.18 Å². The highest BCUT2D eigenvalue weighted by Gasteiger charge is 2.09. The maximum atomic E-state index is 13.4. The van der Waals surface area contributed by atoms with Crippen LogP contribution in [0.1, 0.15) is 29.3 Å². The normalized spacial score (nSPS) is 11.2. The van der Waals surface area contributed by atoms with Crippen molar-refractivity contribution in [2.75, 3.05) is 0 Å². The second-order valence-corrected chi connectivity index (χ2v) is 4.75. The topological polar surface area (TPSA) is 41.5 Å². The fourth-order valence-corrected chi connectivity index (χ4v) is 1.88. The van der Waals surface area contributed by atoms with Crippen LogP contribution >= 0.6 is 0 Å². The maximum absolute atomic E-state index is 13.4. The van der Waals surface area contributed by atoms with Crippen LogP contribution < -0.4 is 5.43 Å². The molecule has 108 valence electrons. The SMILES string of the molecule is C/C(CCc1ccccc1)=N/NC(=O)c1ccccc1F. The Labute approximate surface area is 123 Å². The van der Waals surface area contributed by atoms with Crippen LogP contribution in [0.2, 0.25) is 0 Å². The predicted octanol–water partition coefficient (Wildman–Crippen LogP) is 3.56. The lowest BCUT2D eigenvalue weighted by Crippen LogP contribution is -2.20. The smallest absolute Gasteiger partial charge is 0.267 e. The molecule has 1 N–H and O–H groups in total. The number of nitrogens with one attached hydrogen (secondary N) is 1. The molecule has 4 heteroatoms. The lowest BCUT2D eigenvalue weighted by atomic mass is 10.1. The molecule has 2 aromatic carbocycles. The summed E-state index contributed by atoms with van der Waals surface area (Å²) in [6.45, 7) is 1.84. The zero-order valence-corrected chi connectivity index (χ0v) is 11.8. The standard InChI is InChI=1S/C17H17FN2O/c1-13(11-12-14-7-3-2-4-8-14)19-20-17(21)15-9-5-6-10-16(15)18/h2-10H,11-12H2,1H3,(H,20,21)/b19-13-. The van der Waals surface area contributed by atoms with Crippen molar-refractivity contribution < 1.29 is 9.18 Å². The highest BCUT2D eigenvalue weighted by Crippen LogP contribution is 2.06. The van der Waals surface area contributed by atoms with E-state index in [0.29, 0.717) is 0 Å². The number of rotatable bonds is 5. The second kappa shape index (κ2) is 7.33. The molecule has 0 spiro atoms. The molecular formula is C17H17FN2O.